The van der Waals surface area contributed by atoms with Crippen LogP contribution in [0.25, 0.3) is 0 Å². The van der Waals surface area contributed by atoms with Crippen molar-refractivity contribution in [3.05, 3.63) is 35.4 Å². The number of likely N-dealkylation sites (N-methyl/N-ethyl adjacent to an activating group) is 1. The number of hydrogen-bond acceptors (Lipinski definition) is 3. The standard InChI is InChI=1S/C15H22N2O2/c1-11-6-4-5-7-13(11)14-9-17(12(2)10-19-14)15(18)8-16-3/h4-7,12,14,16H,8-10H2,1-3H3/t12-,14+/m1/s1. The number of amides is 1. The molecular weight excluding hydrogens is 240 g/mol. The second-order valence-electron chi connectivity index (χ2n) is 5.10. The van der Waals surface area contributed by atoms with E-state index in [1.54, 1.807) is 7.05 Å². The average Bonchev–Trinajstić information content (AvgIpc) is 2.40. The molecule has 0 aromatic heterocycles. The number of ether oxygens (including phenoxy) is 1. The molecule has 0 radical (unpaired) electrons. The summed E-state index contributed by atoms with van der Waals surface area (Å²) in [6, 6.07) is 8.34. The third-order valence-corrected chi connectivity index (χ3v) is 3.62. The Labute approximate surface area is 114 Å². The molecule has 0 aliphatic carbocycles. The molecule has 1 aliphatic rings. The lowest BCUT2D eigenvalue weighted by Crippen LogP contribution is -2.50. The average molecular weight is 262 g/mol. The molecule has 2 rings (SSSR count). The molecule has 1 heterocycles. The van der Waals surface area contributed by atoms with Crippen LogP contribution in [-0.2, 0) is 9.53 Å². The molecule has 0 saturated carbocycles. The Balaban J connectivity index is 2.13. The Hall–Kier alpha value is -1.39. The molecule has 1 amide bonds. The van der Waals surface area contributed by atoms with Gasteiger partial charge in [-0.3, -0.25) is 4.79 Å². The minimum Gasteiger partial charge on any atom is -0.370 e. The van der Waals surface area contributed by atoms with Crippen molar-refractivity contribution in [3.8, 4) is 0 Å². The minimum absolute atomic E-state index is 0.0155. The molecular formula is C15H22N2O2. The van der Waals surface area contributed by atoms with E-state index in [-0.39, 0.29) is 18.1 Å². The first-order valence-corrected chi connectivity index (χ1v) is 6.74. The van der Waals surface area contributed by atoms with Gasteiger partial charge in [0.25, 0.3) is 0 Å². The van der Waals surface area contributed by atoms with Crippen LogP contribution >= 0.6 is 0 Å². The molecule has 1 aliphatic heterocycles. The van der Waals surface area contributed by atoms with Crippen molar-refractivity contribution < 1.29 is 9.53 Å². The number of carbonyl (C=O) groups is 1. The van der Waals surface area contributed by atoms with Gasteiger partial charge >= 0.3 is 0 Å². The van der Waals surface area contributed by atoms with Crippen LogP contribution in [0.4, 0.5) is 0 Å². The zero-order valence-electron chi connectivity index (χ0n) is 11.8. The number of benzene rings is 1. The quantitative estimate of drug-likeness (QED) is 0.897. The van der Waals surface area contributed by atoms with Gasteiger partial charge in [0, 0.05) is 0 Å². The van der Waals surface area contributed by atoms with Gasteiger partial charge in [-0.25, -0.2) is 0 Å². The van der Waals surface area contributed by atoms with E-state index < -0.39 is 0 Å². The molecule has 104 valence electrons. The number of hydrogen-bond donors (Lipinski definition) is 1. The first-order valence-electron chi connectivity index (χ1n) is 6.74. The van der Waals surface area contributed by atoms with Crippen molar-refractivity contribution in [1.82, 2.24) is 10.2 Å². The van der Waals surface area contributed by atoms with Crippen LogP contribution in [0.15, 0.2) is 24.3 Å². The zero-order valence-corrected chi connectivity index (χ0v) is 11.8. The second-order valence-corrected chi connectivity index (χ2v) is 5.10. The fourth-order valence-corrected chi connectivity index (χ4v) is 2.49. The summed E-state index contributed by atoms with van der Waals surface area (Å²) < 4.78 is 5.90. The van der Waals surface area contributed by atoms with Gasteiger partial charge in [0.2, 0.25) is 5.91 Å². The Bertz CT molecular complexity index is 448. The van der Waals surface area contributed by atoms with E-state index in [9.17, 15) is 4.79 Å². The Morgan fingerprint density at radius 2 is 2.21 bits per heavy atom. The number of rotatable bonds is 3. The van der Waals surface area contributed by atoms with Crippen molar-refractivity contribution in [2.75, 3.05) is 26.7 Å². The van der Waals surface area contributed by atoms with Crippen LogP contribution in [0.3, 0.4) is 0 Å². The molecule has 1 N–H and O–H groups in total. The summed E-state index contributed by atoms with van der Waals surface area (Å²) in [5.74, 6) is 0.136. The van der Waals surface area contributed by atoms with Crippen LogP contribution in [0.5, 0.6) is 0 Å². The van der Waals surface area contributed by atoms with E-state index in [2.05, 4.69) is 24.4 Å². The Kier molecular flexibility index (Phi) is 4.56. The third kappa shape index (κ3) is 3.14. The number of morpholine rings is 1. The van der Waals surface area contributed by atoms with Gasteiger partial charge in [-0.2, -0.15) is 0 Å². The highest BCUT2D eigenvalue weighted by atomic mass is 16.5. The predicted molar refractivity (Wildman–Crippen MR) is 75.0 cm³/mol. The summed E-state index contributed by atoms with van der Waals surface area (Å²) in [5, 5.41) is 2.92. The van der Waals surface area contributed by atoms with Crippen LogP contribution in [0.1, 0.15) is 24.2 Å². The van der Waals surface area contributed by atoms with Crippen molar-refractivity contribution in [3.63, 3.8) is 0 Å². The second kappa shape index (κ2) is 6.17. The molecule has 0 unspecified atom stereocenters. The fourth-order valence-electron chi connectivity index (χ4n) is 2.49. The normalized spacial score (nSPS) is 23.4. The van der Waals surface area contributed by atoms with Crippen molar-refractivity contribution in [2.45, 2.75) is 26.0 Å². The van der Waals surface area contributed by atoms with Gasteiger partial charge in [0.15, 0.2) is 0 Å². The van der Waals surface area contributed by atoms with E-state index in [1.807, 2.05) is 24.0 Å². The minimum atomic E-state index is -0.0155. The summed E-state index contributed by atoms with van der Waals surface area (Å²) in [4.78, 5) is 14.0. The van der Waals surface area contributed by atoms with Gasteiger partial charge in [-0.1, -0.05) is 24.3 Å². The molecule has 2 atom stereocenters. The molecule has 1 fully saturated rings. The lowest BCUT2D eigenvalue weighted by molar-refractivity contribution is -0.143. The zero-order chi connectivity index (χ0) is 13.8. The molecule has 0 spiro atoms. The van der Waals surface area contributed by atoms with Gasteiger partial charge in [0.1, 0.15) is 6.10 Å². The molecule has 4 heteroatoms. The van der Waals surface area contributed by atoms with Gasteiger partial charge < -0.3 is 15.0 Å². The van der Waals surface area contributed by atoms with Crippen LogP contribution in [0.2, 0.25) is 0 Å². The van der Waals surface area contributed by atoms with Crippen LogP contribution < -0.4 is 5.32 Å². The Morgan fingerprint density at radius 1 is 1.47 bits per heavy atom. The topological polar surface area (TPSA) is 41.6 Å². The fraction of sp³-hybridized carbons (Fsp3) is 0.533. The van der Waals surface area contributed by atoms with Gasteiger partial charge in [-0.15, -0.1) is 0 Å². The van der Waals surface area contributed by atoms with E-state index >= 15 is 0 Å². The first-order chi connectivity index (χ1) is 9.13. The molecule has 1 aromatic carbocycles. The molecule has 1 aromatic rings. The lowest BCUT2D eigenvalue weighted by atomic mass is 10.0. The van der Waals surface area contributed by atoms with E-state index in [4.69, 9.17) is 4.74 Å². The van der Waals surface area contributed by atoms with E-state index in [0.717, 1.165) is 0 Å². The molecule has 0 bridgehead atoms. The number of nitrogens with zero attached hydrogens (tertiary/aromatic N) is 1. The highest BCUT2D eigenvalue weighted by molar-refractivity contribution is 5.78. The van der Waals surface area contributed by atoms with Crippen LogP contribution in [0, 0.1) is 6.92 Å². The Morgan fingerprint density at radius 3 is 2.89 bits per heavy atom. The summed E-state index contributed by atoms with van der Waals surface area (Å²) in [7, 11) is 1.79. The summed E-state index contributed by atoms with van der Waals surface area (Å²) >= 11 is 0. The van der Waals surface area contributed by atoms with Gasteiger partial charge in [-0.05, 0) is 32.0 Å². The first kappa shape index (κ1) is 14.0. The predicted octanol–water partition coefficient (Wildman–Crippen LogP) is 1.50. The highest BCUT2D eigenvalue weighted by Crippen LogP contribution is 2.27. The highest BCUT2D eigenvalue weighted by Gasteiger charge is 2.30. The maximum Gasteiger partial charge on any atom is 0.236 e. The maximum absolute atomic E-state index is 12.1. The number of aryl methyl sites for hydroxylation is 1. The van der Waals surface area contributed by atoms with Crippen LogP contribution in [-0.4, -0.2) is 43.6 Å². The van der Waals surface area contributed by atoms with Crippen molar-refractivity contribution in [2.24, 2.45) is 0 Å². The summed E-state index contributed by atoms with van der Waals surface area (Å²) in [6.45, 7) is 5.71. The monoisotopic (exact) mass is 262 g/mol. The smallest absolute Gasteiger partial charge is 0.236 e. The van der Waals surface area contributed by atoms with Crippen molar-refractivity contribution in [1.29, 1.82) is 0 Å². The number of carbonyl (C=O) groups excluding carboxylic acids is 1. The summed E-state index contributed by atoms with van der Waals surface area (Å²) in [5.41, 5.74) is 2.39. The lowest BCUT2D eigenvalue weighted by Gasteiger charge is -2.38. The largest absolute Gasteiger partial charge is 0.370 e. The molecule has 1 saturated heterocycles. The summed E-state index contributed by atoms with van der Waals surface area (Å²) in [6.07, 6.45) is -0.0155. The maximum atomic E-state index is 12.1. The van der Waals surface area contributed by atoms with Crippen molar-refractivity contribution >= 4 is 5.91 Å². The van der Waals surface area contributed by atoms with E-state index in [0.29, 0.717) is 19.7 Å². The third-order valence-electron chi connectivity index (χ3n) is 3.62. The SMILES string of the molecule is CNCC(=O)N1C[C@@H](c2ccccc2C)OC[C@H]1C. The van der Waals surface area contributed by atoms with Gasteiger partial charge in [0.05, 0.1) is 25.7 Å². The van der Waals surface area contributed by atoms with E-state index in [1.165, 1.54) is 11.1 Å². The molecule has 19 heavy (non-hydrogen) atoms. The number of nitrogens with one attached hydrogen (secondary N) is 1. The molecule has 4 nitrogen and oxygen atoms in total.